The Hall–Kier alpha value is -1.82. The Morgan fingerprint density at radius 2 is 2.35 bits per heavy atom. The fourth-order valence-corrected chi connectivity index (χ4v) is 2.57. The van der Waals surface area contributed by atoms with E-state index in [-0.39, 0.29) is 17.9 Å². The van der Waals surface area contributed by atoms with Crippen molar-refractivity contribution >= 4 is 11.8 Å². The molecule has 2 unspecified atom stereocenters. The largest absolute Gasteiger partial charge is 0.453 e. The third kappa shape index (κ3) is 3.01. The molecule has 0 aliphatic carbocycles. The summed E-state index contributed by atoms with van der Waals surface area (Å²) in [7, 11) is 1.34. The number of hydrogen-bond donors (Lipinski definition) is 2. The number of hydrogen-bond acceptors (Lipinski definition) is 4. The van der Waals surface area contributed by atoms with Gasteiger partial charge in [-0.15, -0.1) is 0 Å². The Morgan fingerprint density at radius 3 is 3.00 bits per heavy atom. The highest BCUT2D eigenvalue weighted by molar-refractivity contribution is 5.67. The number of nitrogens with one attached hydrogen (secondary N) is 1. The van der Waals surface area contributed by atoms with Crippen molar-refractivity contribution in [2.75, 3.05) is 25.1 Å². The zero-order valence-corrected chi connectivity index (χ0v) is 11.7. The lowest BCUT2D eigenvalue weighted by atomic mass is 10.1. The first kappa shape index (κ1) is 14.6. The van der Waals surface area contributed by atoms with Gasteiger partial charge in [-0.25, -0.2) is 9.18 Å². The van der Waals surface area contributed by atoms with Gasteiger partial charge in [-0.2, -0.15) is 0 Å². The summed E-state index contributed by atoms with van der Waals surface area (Å²) in [5.74, 6) is -0.290. The monoisotopic (exact) mass is 281 g/mol. The number of anilines is 1. The molecule has 0 bridgehead atoms. The maximum atomic E-state index is 13.9. The lowest BCUT2D eigenvalue weighted by molar-refractivity contribution is 0.167. The summed E-state index contributed by atoms with van der Waals surface area (Å²) < 4.78 is 18.5. The van der Waals surface area contributed by atoms with Gasteiger partial charge in [0.25, 0.3) is 0 Å². The third-order valence-corrected chi connectivity index (χ3v) is 3.52. The Labute approximate surface area is 117 Å². The Balaban J connectivity index is 2.14. The minimum atomic E-state index is -0.441. The van der Waals surface area contributed by atoms with Crippen molar-refractivity contribution in [2.24, 2.45) is 5.73 Å². The quantitative estimate of drug-likeness (QED) is 0.886. The van der Waals surface area contributed by atoms with Gasteiger partial charge in [0.2, 0.25) is 0 Å². The molecular formula is C14H20FN3O2. The number of methoxy groups -OCH3 is 1. The Kier molecular flexibility index (Phi) is 4.44. The number of ether oxygens (including phenoxy) is 1. The lowest BCUT2D eigenvalue weighted by Gasteiger charge is -2.24. The number of nitrogens with two attached hydrogens (primary N) is 1. The molecule has 20 heavy (non-hydrogen) atoms. The first-order valence-corrected chi connectivity index (χ1v) is 6.66. The van der Waals surface area contributed by atoms with E-state index in [1.165, 1.54) is 13.2 Å². The smallest absolute Gasteiger partial charge is 0.407 e. The van der Waals surface area contributed by atoms with E-state index in [9.17, 15) is 9.18 Å². The highest BCUT2D eigenvalue weighted by Crippen LogP contribution is 2.30. The molecule has 0 radical (unpaired) electrons. The zero-order chi connectivity index (χ0) is 14.7. The topological polar surface area (TPSA) is 67.6 Å². The van der Waals surface area contributed by atoms with Crippen LogP contribution in [0.4, 0.5) is 14.9 Å². The fraction of sp³-hybridized carbons (Fsp3) is 0.500. The van der Waals surface area contributed by atoms with Crippen molar-refractivity contribution in [3.05, 3.63) is 29.6 Å². The van der Waals surface area contributed by atoms with Gasteiger partial charge in [0.05, 0.1) is 13.2 Å². The average molecular weight is 281 g/mol. The van der Waals surface area contributed by atoms with E-state index in [1.807, 2.05) is 11.0 Å². The van der Waals surface area contributed by atoms with Crippen molar-refractivity contribution in [2.45, 2.75) is 25.4 Å². The highest BCUT2D eigenvalue weighted by atomic mass is 19.1. The number of rotatable bonds is 3. The van der Waals surface area contributed by atoms with Gasteiger partial charge in [-0.05, 0) is 25.5 Å². The molecule has 2 atom stereocenters. The van der Waals surface area contributed by atoms with Crippen molar-refractivity contribution in [3.8, 4) is 0 Å². The van der Waals surface area contributed by atoms with Crippen LogP contribution in [0.25, 0.3) is 0 Å². The Morgan fingerprint density at radius 1 is 1.60 bits per heavy atom. The SMILES string of the molecule is COC(=O)NC1CCN(c2cccc(F)c2C(C)N)C1. The van der Waals surface area contributed by atoms with Crippen LogP contribution in [0, 0.1) is 5.82 Å². The van der Waals surface area contributed by atoms with E-state index in [1.54, 1.807) is 13.0 Å². The molecule has 1 aliphatic rings. The maximum Gasteiger partial charge on any atom is 0.407 e. The first-order valence-electron chi connectivity index (χ1n) is 6.66. The molecule has 6 heteroatoms. The number of alkyl carbamates (subject to hydrolysis) is 1. The minimum Gasteiger partial charge on any atom is -0.453 e. The maximum absolute atomic E-state index is 13.9. The lowest BCUT2D eigenvalue weighted by Crippen LogP contribution is -2.37. The molecule has 3 N–H and O–H groups in total. The van der Waals surface area contributed by atoms with Gasteiger partial charge in [0, 0.05) is 30.4 Å². The molecule has 0 saturated carbocycles. The van der Waals surface area contributed by atoms with E-state index in [0.717, 1.165) is 18.7 Å². The predicted octanol–water partition coefficient (Wildman–Crippen LogP) is 1.78. The number of amides is 1. The van der Waals surface area contributed by atoms with E-state index in [0.29, 0.717) is 12.1 Å². The Bertz CT molecular complexity index is 493. The molecule has 2 rings (SSSR count). The van der Waals surface area contributed by atoms with Crippen LogP contribution in [0.5, 0.6) is 0 Å². The molecule has 1 aliphatic heterocycles. The molecule has 0 spiro atoms. The molecule has 1 heterocycles. The summed E-state index contributed by atoms with van der Waals surface area (Å²) in [6.07, 6.45) is 0.354. The molecule has 0 aromatic heterocycles. The second kappa shape index (κ2) is 6.09. The van der Waals surface area contributed by atoms with E-state index < -0.39 is 6.09 Å². The van der Waals surface area contributed by atoms with Crippen LogP contribution in [0.3, 0.4) is 0 Å². The van der Waals surface area contributed by atoms with Gasteiger partial charge in [0.15, 0.2) is 0 Å². The standard InChI is InChI=1S/C14H20FN3O2/c1-9(16)13-11(15)4-3-5-12(13)18-7-6-10(8-18)17-14(19)20-2/h3-5,9-10H,6-8,16H2,1-2H3,(H,17,19). The summed E-state index contributed by atoms with van der Waals surface area (Å²) in [5, 5.41) is 2.76. The van der Waals surface area contributed by atoms with Crippen LogP contribution >= 0.6 is 0 Å². The van der Waals surface area contributed by atoms with Crippen LogP contribution in [0.15, 0.2) is 18.2 Å². The molecule has 1 saturated heterocycles. The van der Waals surface area contributed by atoms with E-state index >= 15 is 0 Å². The third-order valence-electron chi connectivity index (χ3n) is 3.52. The number of nitrogens with zero attached hydrogens (tertiary/aromatic N) is 1. The van der Waals surface area contributed by atoms with Crippen LogP contribution in [0.1, 0.15) is 24.9 Å². The van der Waals surface area contributed by atoms with Crippen LogP contribution in [-0.2, 0) is 4.74 Å². The highest BCUT2D eigenvalue weighted by Gasteiger charge is 2.27. The van der Waals surface area contributed by atoms with Crippen LogP contribution in [-0.4, -0.2) is 32.3 Å². The van der Waals surface area contributed by atoms with Crippen molar-refractivity contribution < 1.29 is 13.9 Å². The summed E-state index contributed by atoms with van der Waals surface area (Å²) in [4.78, 5) is 13.3. The fourth-order valence-electron chi connectivity index (χ4n) is 2.57. The second-order valence-electron chi connectivity index (χ2n) is 5.03. The van der Waals surface area contributed by atoms with Gasteiger partial charge in [-0.3, -0.25) is 0 Å². The summed E-state index contributed by atoms with van der Waals surface area (Å²) in [6, 6.07) is 4.59. The molecule has 1 fully saturated rings. The number of halogens is 1. The van der Waals surface area contributed by atoms with Gasteiger partial charge < -0.3 is 20.7 Å². The molecule has 1 aromatic rings. The molecule has 1 amide bonds. The summed E-state index contributed by atoms with van der Waals surface area (Å²) in [6.45, 7) is 3.14. The predicted molar refractivity (Wildman–Crippen MR) is 75.2 cm³/mol. The van der Waals surface area contributed by atoms with Crippen molar-refractivity contribution in [3.63, 3.8) is 0 Å². The zero-order valence-electron chi connectivity index (χ0n) is 11.7. The molecular weight excluding hydrogens is 261 g/mol. The van der Waals surface area contributed by atoms with Gasteiger partial charge >= 0.3 is 6.09 Å². The average Bonchev–Trinajstić information content (AvgIpc) is 2.86. The molecule has 1 aromatic carbocycles. The van der Waals surface area contributed by atoms with Crippen molar-refractivity contribution in [1.29, 1.82) is 0 Å². The molecule has 5 nitrogen and oxygen atoms in total. The minimum absolute atomic E-state index is 0.00616. The van der Waals surface area contributed by atoms with Crippen LogP contribution < -0.4 is 16.0 Å². The summed E-state index contributed by atoms with van der Waals surface area (Å²) in [5.41, 5.74) is 7.18. The van der Waals surface area contributed by atoms with Gasteiger partial charge in [-0.1, -0.05) is 6.07 Å². The number of carbonyl (C=O) groups excluding carboxylic acids is 1. The normalized spacial score (nSPS) is 19.8. The van der Waals surface area contributed by atoms with Gasteiger partial charge in [0.1, 0.15) is 5.82 Å². The molecule has 110 valence electrons. The second-order valence-corrected chi connectivity index (χ2v) is 5.03. The van der Waals surface area contributed by atoms with E-state index in [4.69, 9.17) is 5.73 Å². The van der Waals surface area contributed by atoms with Crippen molar-refractivity contribution in [1.82, 2.24) is 5.32 Å². The first-order chi connectivity index (χ1) is 9.52. The summed E-state index contributed by atoms with van der Waals surface area (Å²) >= 11 is 0. The number of carbonyl (C=O) groups is 1. The van der Waals surface area contributed by atoms with Crippen LogP contribution in [0.2, 0.25) is 0 Å². The van der Waals surface area contributed by atoms with E-state index in [2.05, 4.69) is 10.1 Å². The number of benzene rings is 1.